The molecule has 0 aliphatic carbocycles. The van der Waals surface area contributed by atoms with Gasteiger partial charge in [-0.15, -0.1) is 0 Å². The van der Waals surface area contributed by atoms with Crippen molar-refractivity contribution in [3.05, 3.63) is 18.3 Å². The third-order valence-corrected chi connectivity index (χ3v) is 2.65. The van der Waals surface area contributed by atoms with Gasteiger partial charge in [0.2, 0.25) is 5.88 Å². The van der Waals surface area contributed by atoms with Crippen LogP contribution in [0, 0.1) is 0 Å². The van der Waals surface area contributed by atoms with Crippen molar-refractivity contribution in [2.45, 2.75) is 18.9 Å². The maximum Gasteiger partial charge on any atom is 0.213 e. The quantitative estimate of drug-likeness (QED) is 0.819. The van der Waals surface area contributed by atoms with Crippen molar-refractivity contribution in [3.8, 4) is 11.6 Å². The van der Waals surface area contributed by atoms with Crippen LogP contribution >= 0.6 is 0 Å². The van der Waals surface area contributed by atoms with Crippen LogP contribution in [0.5, 0.6) is 11.6 Å². The molecule has 17 heavy (non-hydrogen) atoms. The Kier molecular flexibility index (Phi) is 4.55. The van der Waals surface area contributed by atoms with Crippen LogP contribution in [-0.4, -0.2) is 37.5 Å². The molecule has 1 aromatic rings. The minimum Gasteiger partial charge on any atom is -0.490 e. The van der Waals surface area contributed by atoms with Crippen molar-refractivity contribution in [1.29, 1.82) is 0 Å². The molecule has 1 aromatic heterocycles. The lowest BCUT2D eigenvalue weighted by molar-refractivity contribution is 0.259. The molecule has 1 aliphatic heterocycles. The monoisotopic (exact) mass is 240 g/mol. The minimum absolute atomic E-state index is 0.0409. The summed E-state index contributed by atoms with van der Waals surface area (Å²) < 4.78 is 22.5. The van der Waals surface area contributed by atoms with Crippen LogP contribution in [0.2, 0.25) is 0 Å². The molecule has 1 aliphatic rings. The van der Waals surface area contributed by atoms with Crippen LogP contribution in [0.3, 0.4) is 0 Å². The Morgan fingerprint density at radius 1 is 1.41 bits per heavy atom. The van der Waals surface area contributed by atoms with Crippen molar-refractivity contribution in [2.24, 2.45) is 0 Å². The zero-order valence-electron chi connectivity index (χ0n) is 9.69. The maximum absolute atomic E-state index is 11.9. The lowest BCUT2D eigenvalue weighted by Gasteiger charge is -2.12. The molecule has 0 bridgehead atoms. The zero-order chi connectivity index (χ0) is 11.9. The summed E-state index contributed by atoms with van der Waals surface area (Å²) in [6, 6.07) is 3.92. The van der Waals surface area contributed by atoms with E-state index in [4.69, 9.17) is 9.47 Å². The summed E-state index contributed by atoms with van der Waals surface area (Å²) >= 11 is 0. The molecule has 0 radical (unpaired) electrons. The van der Waals surface area contributed by atoms with Crippen molar-refractivity contribution < 1.29 is 13.9 Å². The molecule has 94 valence electrons. The van der Waals surface area contributed by atoms with Gasteiger partial charge in [-0.05, 0) is 25.5 Å². The predicted octanol–water partition coefficient (Wildman–Crippen LogP) is 1.56. The molecule has 4 nitrogen and oxygen atoms in total. The summed E-state index contributed by atoms with van der Waals surface area (Å²) in [5, 5.41) is 3.35. The van der Waals surface area contributed by atoms with Crippen LogP contribution in [0.4, 0.5) is 4.39 Å². The van der Waals surface area contributed by atoms with E-state index < -0.39 is 6.67 Å². The van der Waals surface area contributed by atoms with E-state index in [-0.39, 0.29) is 6.61 Å². The van der Waals surface area contributed by atoms with E-state index in [0.29, 0.717) is 24.3 Å². The minimum atomic E-state index is -0.507. The largest absolute Gasteiger partial charge is 0.490 e. The Hall–Kier alpha value is -1.36. The normalized spacial score (nSPS) is 19.2. The maximum atomic E-state index is 11.9. The average Bonchev–Trinajstić information content (AvgIpc) is 2.88. The molecule has 1 unspecified atom stereocenters. The van der Waals surface area contributed by atoms with Crippen LogP contribution < -0.4 is 14.8 Å². The van der Waals surface area contributed by atoms with Gasteiger partial charge in [0, 0.05) is 12.1 Å². The number of ether oxygens (including phenoxy) is 2. The molecule has 0 amide bonds. The first-order valence-electron chi connectivity index (χ1n) is 5.89. The van der Waals surface area contributed by atoms with Crippen LogP contribution in [0.25, 0.3) is 0 Å². The molecule has 5 heteroatoms. The highest BCUT2D eigenvalue weighted by atomic mass is 19.1. The Balaban J connectivity index is 1.76. The van der Waals surface area contributed by atoms with Crippen molar-refractivity contribution in [1.82, 2.24) is 10.3 Å². The highest BCUT2D eigenvalue weighted by Crippen LogP contribution is 2.15. The fraction of sp³-hybridized carbons (Fsp3) is 0.583. The molecular formula is C12H17FN2O2. The molecule has 1 N–H and O–H groups in total. The number of alkyl halides is 1. The lowest BCUT2D eigenvalue weighted by atomic mass is 10.2. The van der Waals surface area contributed by atoms with E-state index in [1.807, 2.05) is 0 Å². The lowest BCUT2D eigenvalue weighted by Crippen LogP contribution is -2.28. The standard InChI is InChI=1S/C12H17FN2O2/c13-5-7-16-12-4-3-11(8-15-12)17-9-10-2-1-6-14-10/h3-4,8,10,14H,1-2,5-7,9H2. The van der Waals surface area contributed by atoms with Gasteiger partial charge in [-0.3, -0.25) is 0 Å². The summed E-state index contributed by atoms with van der Waals surface area (Å²) in [7, 11) is 0. The summed E-state index contributed by atoms with van der Waals surface area (Å²) in [6.45, 7) is 1.27. The fourth-order valence-corrected chi connectivity index (χ4v) is 1.78. The number of hydrogen-bond donors (Lipinski definition) is 1. The number of rotatable bonds is 6. The predicted molar refractivity (Wildman–Crippen MR) is 62.2 cm³/mol. The van der Waals surface area contributed by atoms with E-state index in [1.165, 1.54) is 6.42 Å². The molecule has 1 atom stereocenters. The second-order valence-electron chi connectivity index (χ2n) is 3.97. The Morgan fingerprint density at radius 3 is 3.00 bits per heavy atom. The molecule has 0 aromatic carbocycles. The SMILES string of the molecule is FCCOc1ccc(OCC2CCCN2)cn1. The first kappa shape index (κ1) is 12.1. The number of aromatic nitrogens is 1. The summed E-state index contributed by atoms with van der Waals surface area (Å²) in [5.74, 6) is 1.14. The van der Waals surface area contributed by atoms with Gasteiger partial charge in [0.05, 0.1) is 6.20 Å². The topological polar surface area (TPSA) is 43.4 Å². The Morgan fingerprint density at radius 2 is 2.35 bits per heavy atom. The van der Waals surface area contributed by atoms with Crippen molar-refractivity contribution in [3.63, 3.8) is 0 Å². The smallest absolute Gasteiger partial charge is 0.213 e. The zero-order valence-corrected chi connectivity index (χ0v) is 9.69. The number of nitrogens with zero attached hydrogens (tertiary/aromatic N) is 1. The summed E-state index contributed by atoms with van der Waals surface area (Å²) in [6.07, 6.45) is 3.97. The molecular weight excluding hydrogens is 223 g/mol. The summed E-state index contributed by atoms with van der Waals surface area (Å²) in [5.41, 5.74) is 0. The van der Waals surface area contributed by atoms with E-state index in [2.05, 4.69) is 10.3 Å². The van der Waals surface area contributed by atoms with E-state index in [1.54, 1.807) is 18.3 Å². The molecule has 2 rings (SSSR count). The average molecular weight is 240 g/mol. The van der Waals surface area contributed by atoms with Crippen molar-refractivity contribution in [2.75, 3.05) is 26.4 Å². The van der Waals surface area contributed by atoms with E-state index in [9.17, 15) is 4.39 Å². The van der Waals surface area contributed by atoms with E-state index >= 15 is 0 Å². The van der Waals surface area contributed by atoms with Gasteiger partial charge in [0.1, 0.15) is 25.6 Å². The molecule has 1 fully saturated rings. The molecule has 1 saturated heterocycles. The Bertz CT molecular complexity index is 326. The van der Waals surface area contributed by atoms with Gasteiger partial charge < -0.3 is 14.8 Å². The van der Waals surface area contributed by atoms with Gasteiger partial charge in [-0.1, -0.05) is 0 Å². The second kappa shape index (κ2) is 6.39. The second-order valence-corrected chi connectivity index (χ2v) is 3.97. The fourth-order valence-electron chi connectivity index (χ4n) is 1.78. The molecule has 2 heterocycles. The van der Waals surface area contributed by atoms with Crippen LogP contribution in [0.1, 0.15) is 12.8 Å². The highest BCUT2D eigenvalue weighted by molar-refractivity contribution is 5.22. The van der Waals surface area contributed by atoms with Gasteiger partial charge in [-0.2, -0.15) is 0 Å². The molecule has 0 spiro atoms. The summed E-state index contributed by atoms with van der Waals surface area (Å²) in [4.78, 5) is 4.03. The van der Waals surface area contributed by atoms with Gasteiger partial charge in [0.15, 0.2) is 0 Å². The van der Waals surface area contributed by atoms with E-state index in [0.717, 1.165) is 13.0 Å². The first-order chi connectivity index (χ1) is 8.38. The van der Waals surface area contributed by atoms with Crippen molar-refractivity contribution >= 4 is 0 Å². The van der Waals surface area contributed by atoms with Gasteiger partial charge >= 0.3 is 0 Å². The number of hydrogen-bond acceptors (Lipinski definition) is 4. The van der Waals surface area contributed by atoms with Crippen LogP contribution in [-0.2, 0) is 0 Å². The third-order valence-electron chi connectivity index (χ3n) is 2.65. The molecule has 0 saturated carbocycles. The first-order valence-corrected chi connectivity index (χ1v) is 5.89. The number of pyridine rings is 1. The third kappa shape index (κ3) is 3.85. The number of halogens is 1. The highest BCUT2D eigenvalue weighted by Gasteiger charge is 2.14. The number of nitrogens with one attached hydrogen (secondary N) is 1. The van der Waals surface area contributed by atoms with Crippen LogP contribution in [0.15, 0.2) is 18.3 Å². The van der Waals surface area contributed by atoms with Gasteiger partial charge in [-0.25, -0.2) is 9.37 Å². The van der Waals surface area contributed by atoms with Gasteiger partial charge in [0.25, 0.3) is 0 Å². The Labute approximate surface area is 100 Å².